The lowest BCUT2D eigenvalue weighted by atomic mass is 10.2. The second-order valence-electron chi connectivity index (χ2n) is 5.50. The summed E-state index contributed by atoms with van der Waals surface area (Å²) >= 11 is 1.59. The Bertz CT molecular complexity index is 682. The first kappa shape index (κ1) is 15.9. The van der Waals surface area contributed by atoms with E-state index in [9.17, 15) is 4.79 Å². The molecule has 3 rings (SSSR count). The Hall–Kier alpha value is -1.99. The lowest BCUT2D eigenvalue weighted by Crippen LogP contribution is -2.36. The molecule has 1 aliphatic rings. The van der Waals surface area contributed by atoms with Crippen LogP contribution in [0.4, 0.5) is 5.69 Å². The molecule has 0 unspecified atom stereocenters. The van der Waals surface area contributed by atoms with Crippen molar-refractivity contribution in [1.29, 1.82) is 0 Å². The summed E-state index contributed by atoms with van der Waals surface area (Å²) in [6, 6.07) is 3.63. The van der Waals surface area contributed by atoms with Crippen molar-refractivity contribution < 1.29 is 9.53 Å². The molecule has 0 saturated carbocycles. The summed E-state index contributed by atoms with van der Waals surface area (Å²) in [5.74, 6) is -0.180. The summed E-state index contributed by atoms with van der Waals surface area (Å²) in [7, 11) is 0. The Balaban J connectivity index is 1.69. The van der Waals surface area contributed by atoms with Crippen molar-refractivity contribution in [2.45, 2.75) is 19.9 Å². The van der Waals surface area contributed by atoms with Crippen LogP contribution in [0.3, 0.4) is 0 Å². The number of anilines is 1. The lowest BCUT2D eigenvalue weighted by molar-refractivity contribution is 0.0935. The summed E-state index contributed by atoms with van der Waals surface area (Å²) in [6.45, 7) is 7.03. The second-order valence-corrected chi connectivity index (χ2v) is 6.77. The molecule has 0 spiro atoms. The van der Waals surface area contributed by atoms with Gasteiger partial charge in [0.05, 0.1) is 19.3 Å². The van der Waals surface area contributed by atoms with E-state index >= 15 is 0 Å². The van der Waals surface area contributed by atoms with Gasteiger partial charge in [-0.15, -0.1) is 11.3 Å². The molecular weight excluding hydrogens is 312 g/mol. The SMILES string of the molecule is Cc1cnc([C@@H](C)NC(=O)c2cc(N3CCOCC3)ccn2)s1. The molecule has 1 amide bonds. The van der Waals surface area contributed by atoms with Crippen LogP contribution in [0.5, 0.6) is 0 Å². The zero-order valence-corrected chi connectivity index (χ0v) is 14.1. The largest absolute Gasteiger partial charge is 0.378 e. The van der Waals surface area contributed by atoms with Gasteiger partial charge < -0.3 is 15.0 Å². The van der Waals surface area contributed by atoms with E-state index in [0.29, 0.717) is 18.9 Å². The number of ether oxygens (including phenoxy) is 1. The van der Waals surface area contributed by atoms with Crippen molar-refractivity contribution in [3.63, 3.8) is 0 Å². The lowest BCUT2D eigenvalue weighted by Gasteiger charge is -2.28. The van der Waals surface area contributed by atoms with E-state index in [1.54, 1.807) is 17.5 Å². The Morgan fingerprint density at radius 3 is 2.87 bits per heavy atom. The number of hydrogen-bond acceptors (Lipinski definition) is 6. The van der Waals surface area contributed by atoms with E-state index in [1.807, 2.05) is 32.2 Å². The molecule has 7 heteroatoms. The Morgan fingerprint density at radius 2 is 2.17 bits per heavy atom. The number of thiazole rings is 1. The summed E-state index contributed by atoms with van der Waals surface area (Å²) < 4.78 is 5.36. The zero-order chi connectivity index (χ0) is 16.2. The molecule has 3 heterocycles. The molecule has 2 aromatic rings. The third-order valence-electron chi connectivity index (χ3n) is 3.71. The Labute approximate surface area is 139 Å². The molecule has 0 bridgehead atoms. The highest BCUT2D eigenvalue weighted by atomic mass is 32.1. The molecular formula is C16H20N4O2S. The van der Waals surface area contributed by atoms with Gasteiger partial charge in [0, 0.05) is 36.0 Å². The quantitative estimate of drug-likeness (QED) is 0.929. The number of morpholine rings is 1. The highest BCUT2D eigenvalue weighted by Crippen LogP contribution is 2.20. The van der Waals surface area contributed by atoms with Crippen LogP contribution < -0.4 is 10.2 Å². The number of pyridine rings is 1. The van der Waals surface area contributed by atoms with Crippen LogP contribution in [0.25, 0.3) is 0 Å². The predicted molar refractivity (Wildman–Crippen MR) is 90.0 cm³/mol. The molecule has 23 heavy (non-hydrogen) atoms. The maximum Gasteiger partial charge on any atom is 0.270 e. The van der Waals surface area contributed by atoms with E-state index in [2.05, 4.69) is 20.2 Å². The molecule has 1 N–H and O–H groups in total. The summed E-state index contributed by atoms with van der Waals surface area (Å²) in [4.78, 5) is 24.3. The fraction of sp³-hybridized carbons (Fsp3) is 0.438. The molecule has 0 aromatic carbocycles. The first-order valence-corrected chi connectivity index (χ1v) is 8.47. The van der Waals surface area contributed by atoms with Crippen LogP contribution in [0.2, 0.25) is 0 Å². The van der Waals surface area contributed by atoms with Crippen molar-refractivity contribution in [2.75, 3.05) is 31.2 Å². The van der Waals surface area contributed by atoms with Gasteiger partial charge in [0.2, 0.25) is 0 Å². The number of hydrogen-bond donors (Lipinski definition) is 1. The molecule has 0 radical (unpaired) electrons. The minimum atomic E-state index is -0.180. The van der Waals surface area contributed by atoms with Gasteiger partial charge in [0.25, 0.3) is 5.91 Å². The zero-order valence-electron chi connectivity index (χ0n) is 13.3. The average molecular weight is 332 g/mol. The standard InChI is InChI=1S/C16H20N4O2S/c1-11-10-18-16(23-11)12(2)19-15(21)14-9-13(3-4-17-14)20-5-7-22-8-6-20/h3-4,9-10,12H,5-8H2,1-2H3,(H,19,21)/t12-/m1/s1. The fourth-order valence-corrected chi connectivity index (χ4v) is 3.24. The van der Waals surface area contributed by atoms with Gasteiger partial charge in [0.15, 0.2) is 0 Å². The first-order chi connectivity index (χ1) is 11.1. The monoisotopic (exact) mass is 332 g/mol. The van der Waals surface area contributed by atoms with Crippen LogP contribution in [-0.4, -0.2) is 42.2 Å². The second kappa shape index (κ2) is 7.06. The number of carbonyl (C=O) groups excluding carboxylic acids is 1. The molecule has 1 atom stereocenters. The van der Waals surface area contributed by atoms with Crippen molar-refractivity contribution in [1.82, 2.24) is 15.3 Å². The van der Waals surface area contributed by atoms with Crippen molar-refractivity contribution in [2.24, 2.45) is 0 Å². The number of nitrogens with zero attached hydrogens (tertiary/aromatic N) is 3. The van der Waals surface area contributed by atoms with Crippen LogP contribution in [0.15, 0.2) is 24.5 Å². The van der Waals surface area contributed by atoms with Gasteiger partial charge in [-0.1, -0.05) is 0 Å². The number of aromatic nitrogens is 2. The van der Waals surface area contributed by atoms with Gasteiger partial charge in [0.1, 0.15) is 10.7 Å². The van der Waals surface area contributed by atoms with Gasteiger partial charge in [-0.2, -0.15) is 0 Å². The number of amides is 1. The van der Waals surface area contributed by atoms with E-state index in [4.69, 9.17) is 4.74 Å². The van der Waals surface area contributed by atoms with Crippen LogP contribution in [0, 0.1) is 6.92 Å². The van der Waals surface area contributed by atoms with Crippen molar-refractivity contribution in [3.8, 4) is 0 Å². The maximum absolute atomic E-state index is 12.4. The van der Waals surface area contributed by atoms with Gasteiger partial charge in [-0.3, -0.25) is 9.78 Å². The molecule has 6 nitrogen and oxygen atoms in total. The Kier molecular flexibility index (Phi) is 4.88. The minimum absolute atomic E-state index is 0.130. The third-order valence-corrected chi connectivity index (χ3v) is 4.81. The number of aryl methyl sites for hydroxylation is 1. The third kappa shape index (κ3) is 3.86. The van der Waals surface area contributed by atoms with Crippen molar-refractivity contribution in [3.05, 3.63) is 40.1 Å². The fourth-order valence-electron chi connectivity index (χ4n) is 2.47. The number of carbonyl (C=O) groups is 1. The van der Waals surface area contributed by atoms with Crippen LogP contribution >= 0.6 is 11.3 Å². The predicted octanol–water partition coefficient (Wildman–Crippen LogP) is 2.17. The summed E-state index contributed by atoms with van der Waals surface area (Å²) in [5.41, 5.74) is 1.43. The average Bonchev–Trinajstić information content (AvgIpc) is 3.02. The Morgan fingerprint density at radius 1 is 1.39 bits per heavy atom. The first-order valence-electron chi connectivity index (χ1n) is 7.65. The van der Waals surface area contributed by atoms with E-state index in [1.165, 1.54) is 0 Å². The molecule has 2 aromatic heterocycles. The maximum atomic E-state index is 12.4. The molecule has 1 saturated heterocycles. The topological polar surface area (TPSA) is 67.4 Å². The van der Waals surface area contributed by atoms with Crippen LogP contribution in [0.1, 0.15) is 33.3 Å². The van der Waals surface area contributed by atoms with Gasteiger partial charge >= 0.3 is 0 Å². The molecule has 1 fully saturated rings. The smallest absolute Gasteiger partial charge is 0.270 e. The molecule has 0 aliphatic carbocycles. The normalized spacial score (nSPS) is 16.2. The van der Waals surface area contributed by atoms with Crippen LogP contribution in [-0.2, 0) is 4.74 Å². The van der Waals surface area contributed by atoms with Crippen molar-refractivity contribution >= 4 is 22.9 Å². The summed E-state index contributed by atoms with van der Waals surface area (Å²) in [5, 5.41) is 3.86. The molecule has 122 valence electrons. The highest BCUT2D eigenvalue weighted by Gasteiger charge is 2.17. The van der Waals surface area contributed by atoms with E-state index < -0.39 is 0 Å². The summed E-state index contributed by atoms with van der Waals surface area (Å²) in [6.07, 6.45) is 3.50. The van der Waals surface area contributed by atoms with Gasteiger partial charge in [-0.25, -0.2) is 4.98 Å². The minimum Gasteiger partial charge on any atom is -0.378 e. The number of nitrogens with one attached hydrogen (secondary N) is 1. The van der Waals surface area contributed by atoms with E-state index in [0.717, 1.165) is 28.7 Å². The molecule has 1 aliphatic heterocycles. The van der Waals surface area contributed by atoms with E-state index in [-0.39, 0.29) is 11.9 Å². The van der Waals surface area contributed by atoms with Gasteiger partial charge in [-0.05, 0) is 26.0 Å². The number of rotatable bonds is 4. The highest BCUT2D eigenvalue weighted by molar-refractivity contribution is 7.11.